The molecule has 17 heavy (non-hydrogen) atoms. The number of nitrogens with zero attached hydrogens (tertiary/aromatic N) is 4. The van der Waals surface area contributed by atoms with Crippen molar-refractivity contribution in [1.82, 2.24) is 0 Å². The molecule has 0 aromatic heterocycles. The third-order valence-electron chi connectivity index (χ3n) is 1.75. The number of carbonyl (C=O) groups is 1. The number of hydrogen-bond acceptors (Lipinski definition) is 5. The third-order valence-corrected chi connectivity index (χ3v) is 1.75. The van der Waals surface area contributed by atoms with Gasteiger partial charge < -0.3 is 4.74 Å². The molecule has 8 heteroatoms. The van der Waals surface area contributed by atoms with Crippen LogP contribution in [0.2, 0.25) is 0 Å². The maximum Gasteiger partial charge on any atom is 0.349 e. The molecule has 8 nitrogen and oxygen atoms in total. The van der Waals surface area contributed by atoms with Crippen LogP contribution in [-0.2, 0) is 4.74 Å². The maximum absolute atomic E-state index is 11.3. The molecule has 0 heterocycles. The average molecular weight is 234 g/mol. The van der Waals surface area contributed by atoms with Gasteiger partial charge in [-0.15, -0.1) is 0 Å². The van der Waals surface area contributed by atoms with E-state index in [0.29, 0.717) is 0 Å². The van der Waals surface area contributed by atoms with Gasteiger partial charge in [-0.25, -0.2) is 4.79 Å². The molecule has 0 saturated heterocycles. The molecule has 0 fully saturated rings. The minimum atomic E-state index is -0.904. The number of nitro benzene ring substituents is 1. The van der Waals surface area contributed by atoms with Gasteiger partial charge >= 0.3 is 5.97 Å². The van der Waals surface area contributed by atoms with E-state index < -0.39 is 16.6 Å². The van der Waals surface area contributed by atoms with Gasteiger partial charge in [0.05, 0.1) is 11.2 Å². The Morgan fingerprint density at radius 2 is 2.35 bits per heavy atom. The van der Waals surface area contributed by atoms with Crippen LogP contribution in [0.5, 0.6) is 0 Å². The lowest BCUT2D eigenvalue weighted by molar-refractivity contribution is -0.385. The quantitative estimate of drug-likeness (QED) is 0.151. The molecule has 86 valence electrons. The van der Waals surface area contributed by atoms with E-state index in [-0.39, 0.29) is 11.3 Å². The number of hydrogen-bond donors (Lipinski definition) is 0. The summed E-state index contributed by atoms with van der Waals surface area (Å²) in [5, 5.41) is 13.9. The van der Waals surface area contributed by atoms with Crippen LogP contribution in [0.1, 0.15) is 10.4 Å². The number of benzene rings is 1. The SMILES string of the molecule is C=COC(=O)c1ccc(N=[N+]=[N-])cc1[N+](=O)[O-]. The predicted octanol–water partition coefficient (Wildman–Crippen LogP) is 2.84. The summed E-state index contributed by atoms with van der Waals surface area (Å²) in [6.45, 7) is 3.17. The Morgan fingerprint density at radius 1 is 1.65 bits per heavy atom. The Morgan fingerprint density at radius 3 is 2.88 bits per heavy atom. The lowest BCUT2D eigenvalue weighted by Gasteiger charge is -2.01. The Hall–Kier alpha value is -2.86. The first-order valence-corrected chi connectivity index (χ1v) is 4.25. The zero-order valence-electron chi connectivity index (χ0n) is 8.44. The van der Waals surface area contributed by atoms with Gasteiger partial charge in [0.25, 0.3) is 5.69 Å². The zero-order chi connectivity index (χ0) is 12.8. The highest BCUT2D eigenvalue weighted by Gasteiger charge is 2.21. The second-order valence-electron chi connectivity index (χ2n) is 2.72. The lowest BCUT2D eigenvalue weighted by atomic mass is 10.1. The van der Waals surface area contributed by atoms with Crippen LogP contribution in [0.25, 0.3) is 10.4 Å². The molecule has 0 radical (unpaired) electrons. The monoisotopic (exact) mass is 234 g/mol. The van der Waals surface area contributed by atoms with E-state index in [9.17, 15) is 14.9 Å². The van der Waals surface area contributed by atoms with E-state index in [1.165, 1.54) is 6.07 Å². The fourth-order valence-electron chi connectivity index (χ4n) is 1.10. The first-order valence-electron chi connectivity index (χ1n) is 4.25. The van der Waals surface area contributed by atoms with Crippen molar-refractivity contribution in [2.24, 2.45) is 5.11 Å². The molecule has 0 aliphatic carbocycles. The molecule has 0 aliphatic rings. The molecule has 0 amide bonds. The van der Waals surface area contributed by atoms with E-state index in [1.54, 1.807) is 0 Å². The summed E-state index contributed by atoms with van der Waals surface area (Å²) in [5.74, 6) is -0.904. The minimum absolute atomic E-state index is 0.0364. The molecule has 0 spiro atoms. The number of esters is 1. The number of nitro groups is 1. The number of rotatable bonds is 4. The predicted molar refractivity (Wildman–Crippen MR) is 57.5 cm³/mol. The summed E-state index contributed by atoms with van der Waals surface area (Å²) < 4.78 is 4.44. The normalized spacial score (nSPS) is 8.94. The van der Waals surface area contributed by atoms with Gasteiger partial charge in [0.15, 0.2) is 0 Å². The van der Waals surface area contributed by atoms with Gasteiger partial charge in [-0.2, -0.15) is 0 Å². The molecule has 0 bridgehead atoms. The summed E-state index contributed by atoms with van der Waals surface area (Å²) >= 11 is 0. The van der Waals surface area contributed by atoms with Gasteiger partial charge in [-0.1, -0.05) is 17.8 Å². The molecule has 1 rings (SSSR count). The van der Waals surface area contributed by atoms with Gasteiger partial charge in [-0.3, -0.25) is 10.1 Å². The fraction of sp³-hybridized carbons (Fsp3) is 0. The largest absolute Gasteiger partial charge is 0.431 e. The molecule has 1 aromatic rings. The highest BCUT2D eigenvalue weighted by molar-refractivity contribution is 5.94. The Bertz CT molecular complexity index is 534. The van der Waals surface area contributed by atoms with E-state index in [4.69, 9.17) is 5.53 Å². The standard InChI is InChI=1S/C9H6N4O4/c1-2-17-9(14)7-4-3-6(11-12-10)5-8(7)13(15)16/h2-5H,1H2. The van der Waals surface area contributed by atoms with Gasteiger partial charge in [-0.05, 0) is 11.6 Å². The molecule has 1 aromatic carbocycles. The summed E-state index contributed by atoms with van der Waals surface area (Å²) in [6.07, 6.45) is 0.868. The van der Waals surface area contributed by atoms with Crippen LogP contribution in [0.4, 0.5) is 11.4 Å². The van der Waals surface area contributed by atoms with Gasteiger partial charge in [0.1, 0.15) is 5.56 Å². The lowest BCUT2D eigenvalue weighted by Crippen LogP contribution is -2.04. The average Bonchev–Trinajstić information content (AvgIpc) is 2.29. The van der Waals surface area contributed by atoms with Crippen LogP contribution >= 0.6 is 0 Å². The molecule has 0 N–H and O–H groups in total. The maximum atomic E-state index is 11.3. The van der Waals surface area contributed by atoms with Crippen molar-refractivity contribution in [3.05, 3.63) is 57.2 Å². The number of carbonyl (C=O) groups excluding carboxylic acids is 1. The first-order chi connectivity index (χ1) is 8.10. The van der Waals surface area contributed by atoms with Crippen LogP contribution in [0.3, 0.4) is 0 Å². The van der Waals surface area contributed by atoms with Crippen molar-refractivity contribution in [3.8, 4) is 0 Å². The summed E-state index contributed by atoms with van der Waals surface area (Å²) in [6, 6.07) is 3.40. The van der Waals surface area contributed by atoms with Gasteiger partial charge in [0, 0.05) is 16.7 Å². The highest BCUT2D eigenvalue weighted by Crippen LogP contribution is 2.25. The smallest absolute Gasteiger partial charge is 0.349 e. The molecule has 0 saturated carbocycles. The zero-order valence-corrected chi connectivity index (χ0v) is 8.44. The summed E-state index contributed by atoms with van der Waals surface area (Å²) in [7, 11) is 0. The molecular formula is C9H6N4O4. The van der Waals surface area contributed by atoms with E-state index in [1.807, 2.05) is 0 Å². The highest BCUT2D eigenvalue weighted by atomic mass is 16.6. The van der Waals surface area contributed by atoms with E-state index in [0.717, 1.165) is 18.4 Å². The van der Waals surface area contributed by atoms with Crippen molar-refractivity contribution >= 4 is 17.3 Å². The summed E-state index contributed by atoms with van der Waals surface area (Å²) in [4.78, 5) is 23.8. The van der Waals surface area contributed by atoms with Crippen LogP contribution < -0.4 is 0 Å². The summed E-state index contributed by atoms with van der Waals surface area (Å²) in [5.41, 5.74) is 7.49. The minimum Gasteiger partial charge on any atom is -0.431 e. The molecular weight excluding hydrogens is 228 g/mol. The molecule has 0 aliphatic heterocycles. The van der Waals surface area contributed by atoms with E-state index >= 15 is 0 Å². The molecule has 0 unspecified atom stereocenters. The van der Waals surface area contributed by atoms with Crippen molar-refractivity contribution in [2.75, 3.05) is 0 Å². The number of ether oxygens (including phenoxy) is 1. The van der Waals surface area contributed by atoms with E-state index in [2.05, 4.69) is 21.3 Å². The van der Waals surface area contributed by atoms with Crippen molar-refractivity contribution in [3.63, 3.8) is 0 Å². The second-order valence-corrected chi connectivity index (χ2v) is 2.72. The topological polar surface area (TPSA) is 118 Å². The van der Waals surface area contributed by atoms with Gasteiger partial charge in [0.2, 0.25) is 0 Å². The fourth-order valence-corrected chi connectivity index (χ4v) is 1.10. The Labute approximate surface area is 94.9 Å². The van der Waals surface area contributed by atoms with Crippen molar-refractivity contribution in [2.45, 2.75) is 0 Å². The Kier molecular flexibility index (Phi) is 3.80. The van der Waals surface area contributed by atoms with Crippen LogP contribution in [-0.4, -0.2) is 10.9 Å². The first kappa shape index (κ1) is 12.2. The molecule has 0 atom stereocenters. The van der Waals surface area contributed by atoms with Crippen molar-refractivity contribution < 1.29 is 14.5 Å². The number of azide groups is 1. The Balaban J connectivity index is 3.31. The second kappa shape index (κ2) is 5.29. The van der Waals surface area contributed by atoms with Crippen LogP contribution in [0, 0.1) is 10.1 Å². The van der Waals surface area contributed by atoms with Crippen LogP contribution in [0.15, 0.2) is 36.2 Å². The van der Waals surface area contributed by atoms with Crippen molar-refractivity contribution in [1.29, 1.82) is 0 Å². The third kappa shape index (κ3) is 2.80.